The van der Waals surface area contributed by atoms with Crippen molar-refractivity contribution >= 4 is 34.6 Å². The van der Waals surface area contributed by atoms with Gasteiger partial charge in [0.25, 0.3) is 0 Å². The van der Waals surface area contributed by atoms with Gasteiger partial charge < -0.3 is 20.9 Å². The Morgan fingerprint density at radius 3 is 2.48 bits per heavy atom. The number of amides is 3. The summed E-state index contributed by atoms with van der Waals surface area (Å²) in [4.78, 5) is 27.9. The van der Waals surface area contributed by atoms with Crippen LogP contribution in [0, 0.1) is 0 Å². The predicted molar refractivity (Wildman–Crippen MR) is 94.2 cm³/mol. The van der Waals surface area contributed by atoms with Gasteiger partial charge in [0, 0.05) is 24.2 Å². The summed E-state index contributed by atoms with van der Waals surface area (Å²) in [5.74, 6) is 0.772. The molecule has 0 radical (unpaired) electrons. The Kier molecular flexibility index (Phi) is 5.05. The van der Waals surface area contributed by atoms with E-state index >= 15 is 0 Å². The SMILES string of the molecule is NC(=O)Nc1ccc(NC(=O)CCc2nc(-c3cccs3)no2)cc1. The minimum absolute atomic E-state index is 0.175. The quantitative estimate of drug-likeness (QED) is 0.626. The van der Waals surface area contributed by atoms with Gasteiger partial charge in [-0.3, -0.25) is 4.79 Å². The van der Waals surface area contributed by atoms with E-state index < -0.39 is 6.03 Å². The highest BCUT2D eigenvalue weighted by atomic mass is 32.1. The summed E-state index contributed by atoms with van der Waals surface area (Å²) in [6.07, 6.45) is 0.568. The van der Waals surface area contributed by atoms with Crippen molar-refractivity contribution in [2.24, 2.45) is 5.73 Å². The largest absolute Gasteiger partial charge is 0.351 e. The summed E-state index contributed by atoms with van der Waals surface area (Å²) >= 11 is 1.52. The second kappa shape index (κ2) is 7.58. The molecule has 0 saturated carbocycles. The molecule has 3 amide bonds. The molecule has 0 saturated heterocycles. The van der Waals surface area contributed by atoms with Gasteiger partial charge in [0.05, 0.1) is 4.88 Å². The van der Waals surface area contributed by atoms with Gasteiger partial charge in [0.1, 0.15) is 0 Å². The molecule has 0 aliphatic heterocycles. The first-order chi connectivity index (χ1) is 12.1. The summed E-state index contributed by atoms with van der Waals surface area (Å²) in [6.45, 7) is 0. The fraction of sp³-hybridized carbons (Fsp3) is 0.125. The maximum absolute atomic E-state index is 12.0. The summed E-state index contributed by atoms with van der Waals surface area (Å²) in [7, 11) is 0. The molecule has 9 heteroatoms. The van der Waals surface area contributed by atoms with E-state index in [0.29, 0.717) is 29.5 Å². The van der Waals surface area contributed by atoms with Gasteiger partial charge in [-0.05, 0) is 35.7 Å². The lowest BCUT2D eigenvalue weighted by atomic mass is 10.2. The molecule has 128 valence electrons. The van der Waals surface area contributed by atoms with E-state index in [1.54, 1.807) is 24.3 Å². The normalized spacial score (nSPS) is 10.4. The molecule has 2 heterocycles. The molecule has 3 aromatic rings. The average Bonchev–Trinajstić information content (AvgIpc) is 3.25. The van der Waals surface area contributed by atoms with Gasteiger partial charge in [-0.25, -0.2) is 4.79 Å². The molecule has 2 aromatic heterocycles. The maximum Gasteiger partial charge on any atom is 0.316 e. The Balaban J connectivity index is 1.50. The van der Waals surface area contributed by atoms with Crippen LogP contribution in [-0.4, -0.2) is 22.1 Å². The van der Waals surface area contributed by atoms with Crippen molar-refractivity contribution in [3.05, 3.63) is 47.7 Å². The van der Waals surface area contributed by atoms with Gasteiger partial charge in [-0.15, -0.1) is 11.3 Å². The van der Waals surface area contributed by atoms with E-state index in [1.807, 2.05) is 17.5 Å². The molecule has 0 unspecified atom stereocenters. The average molecular weight is 357 g/mol. The van der Waals surface area contributed by atoms with Crippen LogP contribution in [0.15, 0.2) is 46.3 Å². The number of nitrogens with one attached hydrogen (secondary N) is 2. The van der Waals surface area contributed by atoms with Crippen LogP contribution in [0.3, 0.4) is 0 Å². The molecule has 3 rings (SSSR count). The number of aryl methyl sites for hydroxylation is 1. The Morgan fingerprint density at radius 2 is 1.84 bits per heavy atom. The van der Waals surface area contributed by atoms with Crippen LogP contribution >= 0.6 is 11.3 Å². The zero-order valence-corrected chi connectivity index (χ0v) is 13.9. The summed E-state index contributed by atoms with van der Waals surface area (Å²) in [5.41, 5.74) is 6.20. The van der Waals surface area contributed by atoms with Crippen molar-refractivity contribution in [1.82, 2.24) is 10.1 Å². The minimum Gasteiger partial charge on any atom is -0.351 e. The van der Waals surface area contributed by atoms with Crippen LogP contribution in [0.2, 0.25) is 0 Å². The zero-order chi connectivity index (χ0) is 17.6. The molecular weight excluding hydrogens is 342 g/mol. The van der Waals surface area contributed by atoms with Gasteiger partial charge in [0.15, 0.2) is 0 Å². The topological polar surface area (TPSA) is 123 Å². The van der Waals surface area contributed by atoms with Crippen LogP contribution in [0.4, 0.5) is 16.2 Å². The lowest BCUT2D eigenvalue weighted by Gasteiger charge is -2.06. The molecule has 4 N–H and O–H groups in total. The fourth-order valence-electron chi connectivity index (χ4n) is 2.09. The number of anilines is 2. The third-order valence-corrected chi connectivity index (χ3v) is 4.08. The van der Waals surface area contributed by atoms with Gasteiger partial charge in [0.2, 0.25) is 17.6 Å². The standard InChI is InChI=1S/C16H15N5O3S/c17-16(23)19-11-5-3-10(4-6-11)18-13(22)7-8-14-20-15(21-24-14)12-2-1-9-25-12/h1-6,9H,7-8H2,(H,18,22)(H3,17,19,23). The van der Waals surface area contributed by atoms with E-state index in [1.165, 1.54) is 11.3 Å². The number of hydrogen-bond donors (Lipinski definition) is 3. The highest BCUT2D eigenvalue weighted by molar-refractivity contribution is 7.13. The van der Waals surface area contributed by atoms with E-state index in [-0.39, 0.29) is 12.3 Å². The lowest BCUT2D eigenvalue weighted by molar-refractivity contribution is -0.116. The smallest absolute Gasteiger partial charge is 0.316 e. The van der Waals surface area contributed by atoms with Crippen LogP contribution in [-0.2, 0) is 11.2 Å². The monoisotopic (exact) mass is 357 g/mol. The molecule has 8 nitrogen and oxygen atoms in total. The van der Waals surface area contributed by atoms with Crippen LogP contribution < -0.4 is 16.4 Å². The Hall–Kier alpha value is -3.20. The number of hydrogen-bond acceptors (Lipinski definition) is 6. The molecule has 1 aromatic carbocycles. The fourth-order valence-corrected chi connectivity index (χ4v) is 2.73. The number of urea groups is 1. The number of thiophene rings is 1. The number of benzene rings is 1. The van der Waals surface area contributed by atoms with E-state index in [0.717, 1.165) is 4.88 Å². The Bertz CT molecular complexity index is 858. The van der Waals surface area contributed by atoms with Crippen LogP contribution in [0.5, 0.6) is 0 Å². The van der Waals surface area contributed by atoms with Gasteiger partial charge in [-0.1, -0.05) is 11.2 Å². The number of nitrogens with zero attached hydrogens (tertiary/aromatic N) is 2. The zero-order valence-electron chi connectivity index (χ0n) is 13.1. The summed E-state index contributed by atoms with van der Waals surface area (Å²) in [6, 6.07) is 9.81. The first-order valence-corrected chi connectivity index (χ1v) is 8.31. The Labute approximate surface area is 147 Å². The number of nitrogens with two attached hydrogens (primary N) is 1. The van der Waals surface area contributed by atoms with Crippen LogP contribution in [0.1, 0.15) is 12.3 Å². The number of carbonyl (C=O) groups is 2. The number of aromatic nitrogens is 2. The molecule has 0 aliphatic rings. The van der Waals surface area contributed by atoms with Crippen molar-refractivity contribution in [3.63, 3.8) is 0 Å². The number of carbonyl (C=O) groups excluding carboxylic acids is 2. The summed E-state index contributed by atoms with van der Waals surface area (Å²) < 4.78 is 5.16. The predicted octanol–water partition coefficient (Wildman–Crippen LogP) is 2.86. The highest BCUT2D eigenvalue weighted by Gasteiger charge is 2.11. The molecule has 25 heavy (non-hydrogen) atoms. The third kappa shape index (κ3) is 4.64. The summed E-state index contributed by atoms with van der Waals surface area (Å²) in [5, 5.41) is 11.0. The number of rotatable bonds is 6. The molecule has 0 fully saturated rings. The van der Waals surface area contributed by atoms with E-state index in [4.69, 9.17) is 10.3 Å². The second-order valence-electron chi connectivity index (χ2n) is 5.10. The first kappa shape index (κ1) is 16.7. The third-order valence-electron chi connectivity index (χ3n) is 3.21. The lowest BCUT2D eigenvalue weighted by Crippen LogP contribution is -2.19. The highest BCUT2D eigenvalue weighted by Crippen LogP contribution is 2.21. The molecule has 0 atom stereocenters. The first-order valence-electron chi connectivity index (χ1n) is 7.43. The van der Waals surface area contributed by atoms with Gasteiger partial charge >= 0.3 is 6.03 Å². The van der Waals surface area contributed by atoms with Crippen LogP contribution in [0.25, 0.3) is 10.7 Å². The van der Waals surface area contributed by atoms with E-state index in [2.05, 4.69) is 20.8 Å². The van der Waals surface area contributed by atoms with Crippen molar-refractivity contribution in [1.29, 1.82) is 0 Å². The van der Waals surface area contributed by atoms with Crippen molar-refractivity contribution in [3.8, 4) is 10.7 Å². The number of primary amides is 1. The molecule has 0 spiro atoms. The van der Waals surface area contributed by atoms with Crippen molar-refractivity contribution in [2.75, 3.05) is 10.6 Å². The van der Waals surface area contributed by atoms with E-state index in [9.17, 15) is 9.59 Å². The van der Waals surface area contributed by atoms with Gasteiger partial charge in [-0.2, -0.15) is 4.98 Å². The minimum atomic E-state index is -0.640. The van der Waals surface area contributed by atoms with Crippen molar-refractivity contribution < 1.29 is 14.1 Å². The molecule has 0 bridgehead atoms. The molecule has 0 aliphatic carbocycles. The second-order valence-corrected chi connectivity index (χ2v) is 6.05. The Morgan fingerprint density at radius 1 is 1.12 bits per heavy atom. The van der Waals surface area contributed by atoms with Crippen molar-refractivity contribution in [2.45, 2.75) is 12.8 Å². The maximum atomic E-state index is 12.0. The molecular formula is C16H15N5O3S.